The highest BCUT2D eigenvalue weighted by atomic mass is 16.1. The number of aromatic nitrogens is 4. The number of rotatable bonds is 7. The van der Waals surface area contributed by atoms with E-state index in [-0.39, 0.29) is 5.43 Å². The molecule has 4 rings (SSSR count). The Labute approximate surface area is 170 Å². The first-order valence-electron chi connectivity index (χ1n) is 10.1. The minimum atomic E-state index is 0.0578. The van der Waals surface area contributed by atoms with Crippen LogP contribution in [0.5, 0.6) is 0 Å². The summed E-state index contributed by atoms with van der Waals surface area (Å²) in [7, 11) is 3.98. The summed E-state index contributed by atoms with van der Waals surface area (Å²) in [4.78, 5) is 19.7. The van der Waals surface area contributed by atoms with Gasteiger partial charge in [0.1, 0.15) is 5.52 Å². The van der Waals surface area contributed by atoms with Crippen molar-refractivity contribution in [1.29, 1.82) is 0 Å². The van der Waals surface area contributed by atoms with Gasteiger partial charge in [-0.15, -0.1) is 0 Å². The number of fused-ring (bicyclic) bond motifs is 2. The van der Waals surface area contributed by atoms with Crippen molar-refractivity contribution in [2.24, 2.45) is 7.05 Å². The Bertz CT molecular complexity index is 1190. The van der Waals surface area contributed by atoms with Crippen molar-refractivity contribution in [2.75, 3.05) is 20.1 Å². The van der Waals surface area contributed by atoms with Gasteiger partial charge in [-0.25, -0.2) is 0 Å². The smallest absolute Gasteiger partial charge is 0.215 e. The molecule has 0 aliphatic carbocycles. The van der Waals surface area contributed by atoms with Crippen molar-refractivity contribution >= 4 is 21.9 Å². The molecule has 0 bridgehead atoms. The predicted octanol–water partition coefficient (Wildman–Crippen LogP) is 3.16. The molecule has 0 unspecified atom stereocenters. The maximum atomic E-state index is 13.0. The maximum absolute atomic E-state index is 13.0. The lowest BCUT2D eigenvalue weighted by Crippen LogP contribution is -2.24. The lowest BCUT2D eigenvalue weighted by Gasteiger charge is -2.18. The molecule has 0 saturated heterocycles. The third-order valence-corrected chi connectivity index (χ3v) is 5.51. The van der Waals surface area contributed by atoms with Gasteiger partial charge in [-0.2, -0.15) is 5.10 Å². The molecule has 4 aromatic rings. The van der Waals surface area contributed by atoms with Gasteiger partial charge in [0.15, 0.2) is 0 Å². The minimum Gasteiger partial charge on any atom is -0.338 e. The molecule has 6 heteroatoms. The summed E-state index contributed by atoms with van der Waals surface area (Å²) < 4.78 is 3.93. The Morgan fingerprint density at radius 1 is 1.10 bits per heavy atom. The summed E-state index contributed by atoms with van der Waals surface area (Å²) in [5.41, 5.74) is 4.84. The van der Waals surface area contributed by atoms with Gasteiger partial charge in [-0.3, -0.25) is 14.5 Å². The quantitative estimate of drug-likeness (QED) is 0.487. The normalized spacial score (nSPS) is 11.7. The Morgan fingerprint density at radius 2 is 1.97 bits per heavy atom. The van der Waals surface area contributed by atoms with Gasteiger partial charge in [-0.05, 0) is 51.2 Å². The molecule has 0 aliphatic rings. The van der Waals surface area contributed by atoms with E-state index in [1.807, 2.05) is 38.4 Å². The fraction of sp³-hybridized carbons (Fsp3) is 0.348. The second-order valence-electron chi connectivity index (χ2n) is 7.73. The Hall–Kier alpha value is -2.99. The number of benzene rings is 1. The molecule has 150 valence electrons. The first kappa shape index (κ1) is 19.3. The first-order chi connectivity index (χ1) is 14.0. The number of hydrogen-bond donors (Lipinski definition) is 0. The van der Waals surface area contributed by atoms with Crippen LogP contribution in [0.2, 0.25) is 0 Å². The van der Waals surface area contributed by atoms with Crippen LogP contribution >= 0.6 is 0 Å². The van der Waals surface area contributed by atoms with Crippen LogP contribution in [0.25, 0.3) is 21.9 Å². The van der Waals surface area contributed by atoms with Gasteiger partial charge in [0.2, 0.25) is 5.43 Å². The third kappa shape index (κ3) is 3.93. The van der Waals surface area contributed by atoms with E-state index < -0.39 is 0 Å². The average molecular weight is 390 g/mol. The van der Waals surface area contributed by atoms with Crippen LogP contribution in [0.1, 0.15) is 17.7 Å². The molecule has 3 aromatic heterocycles. The monoisotopic (exact) mass is 389 g/mol. The topological polar surface area (TPSA) is 56.0 Å². The van der Waals surface area contributed by atoms with E-state index in [0.29, 0.717) is 5.52 Å². The van der Waals surface area contributed by atoms with Gasteiger partial charge in [-0.1, -0.05) is 17.7 Å². The van der Waals surface area contributed by atoms with Crippen LogP contribution in [0.15, 0.2) is 53.6 Å². The highest BCUT2D eigenvalue weighted by Crippen LogP contribution is 2.20. The molecular formula is C23H27N5O. The van der Waals surface area contributed by atoms with Crippen molar-refractivity contribution in [3.63, 3.8) is 0 Å². The van der Waals surface area contributed by atoms with E-state index in [1.165, 1.54) is 0 Å². The molecule has 0 radical (unpaired) electrons. The van der Waals surface area contributed by atoms with E-state index in [4.69, 9.17) is 0 Å². The molecule has 0 atom stereocenters. The van der Waals surface area contributed by atoms with Crippen LogP contribution in [-0.2, 0) is 20.0 Å². The van der Waals surface area contributed by atoms with Gasteiger partial charge < -0.3 is 9.47 Å². The Morgan fingerprint density at radius 3 is 2.76 bits per heavy atom. The zero-order valence-corrected chi connectivity index (χ0v) is 17.3. The third-order valence-electron chi connectivity index (χ3n) is 5.51. The fourth-order valence-corrected chi connectivity index (χ4v) is 3.91. The second kappa shape index (κ2) is 8.17. The Kier molecular flexibility index (Phi) is 5.45. The van der Waals surface area contributed by atoms with E-state index in [9.17, 15) is 4.79 Å². The van der Waals surface area contributed by atoms with Gasteiger partial charge >= 0.3 is 0 Å². The summed E-state index contributed by atoms with van der Waals surface area (Å²) in [5.74, 6) is 0. The number of likely N-dealkylation sites (N-methyl/N-ethyl adjacent to an activating group) is 1. The van der Waals surface area contributed by atoms with Crippen LogP contribution in [-0.4, -0.2) is 44.4 Å². The highest BCUT2D eigenvalue weighted by molar-refractivity contribution is 5.92. The molecule has 1 aromatic carbocycles. The fourth-order valence-electron chi connectivity index (χ4n) is 3.91. The highest BCUT2D eigenvalue weighted by Gasteiger charge is 2.14. The second-order valence-corrected chi connectivity index (χ2v) is 7.73. The molecular weight excluding hydrogens is 362 g/mol. The van der Waals surface area contributed by atoms with Crippen molar-refractivity contribution in [1.82, 2.24) is 24.2 Å². The SMILES string of the molecule is Cc1ccc2c(c1)c(=O)c1c(cnn1C)n2CCCN(C)CCc1ccccn1. The zero-order chi connectivity index (χ0) is 20.4. The summed E-state index contributed by atoms with van der Waals surface area (Å²) >= 11 is 0. The molecule has 29 heavy (non-hydrogen) atoms. The van der Waals surface area contributed by atoms with E-state index >= 15 is 0 Å². The summed E-state index contributed by atoms with van der Waals surface area (Å²) in [6, 6.07) is 12.2. The minimum absolute atomic E-state index is 0.0578. The van der Waals surface area contributed by atoms with Crippen LogP contribution in [0, 0.1) is 6.92 Å². The van der Waals surface area contributed by atoms with Crippen molar-refractivity contribution in [3.05, 3.63) is 70.3 Å². The lowest BCUT2D eigenvalue weighted by molar-refractivity contribution is 0.325. The Balaban J connectivity index is 1.53. The molecule has 0 N–H and O–H groups in total. The molecule has 3 heterocycles. The maximum Gasteiger partial charge on any atom is 0.215 e. The van der Waals surface area contributed by atoms with Crippen molar-refractivity contribution in [3.8, 4) is 0 Å². The van der Waals surface area contributed by atoms with Gasteiger partial charge in [0, 0.05) is 43.8 Å². The number of pyridine rings is 2. The van der Waals surface area contributed by atoms with E-state index in [1.54, 1.807) is 10.9 Å². The zero-order valence-electron chi connectivity index (χ0n) is 17.3. The lowest BCUT2D eigenvalue weighted by atomic mass is 10.1. The molecule has 6 nitrogen and oxygen atoms in total. The predicted molar refractivity (Wildman–Crippen MR) is 117 cm³/mol. The van der Waals surface area contributed by atoms with Gasteiger partial charge in [0.25, 0.3) is 0 Å². The molecule has 0 amide bonds. The molecule has 0 saturated carbocycles. The molecule has 0 fully saturated rings. The van der Waals surface area contributed by atoms with Crippen LogP contribution in [0.3, 0.4) is 0 Å². The standard InChI is InChI=1S/C23H27N5O/c1-17-8-9-20-19(15-17)23(29)22-21(16-25-27(22)3)28(20)13-6-12-26(2)14-10-18-7-4-5-11-24-18/h4-5,7-9,11,15-16H,6,10,12-14H2,1-3H3. The van der Waals surface area contributed by atoms with Crippen LogP contribution < -0.4 is 5.43 Å². The van der Waals surface area contributed by atoms with E-state index in [0.717, 1.165) is 60.2 Å². The van der Waals surface area contributed by atoms with E-state index in [2.05, 4.69) is 44.8 Å². The number of aryl methyl sites for hydroxylation is 3. The van der Waals surface area contributed by atoms with Crippen molar-refractivity contribution in [2.45, 2.75) is 26.3 Å². The number of hydrogen-bond acceptors (Lipinski definition) is 4. The molecule has 0 aliphatic heterocycles. The van der Waals surface area contributed by atoms with Crippen molar-refractivity contribution < 1.29 is 0 Å². The van der Waals surface area contributed by atoms with Gasteiger partial charge in [0.05, 0.1) is 17.2 Å². The molecule has 0 spiro atoms. The first-order valence-corrected chi connectivity index (χ1v) is 10.1. The average Bonchev–Trinajstić information content (AvgIpc) is 3.11. The summed E-state index contributed by atoms with van der Waals surface area (Å²) in [5, 5.41) is 5.12. The largest absolute Gasteiger partial charge is 0.338 e. The number of nitrogens with zero attached hydrogens (tertiary/aromatic N) is 5. The summed E-state index contributed by atoms with van der Waals surface area (Å²) in [6.07, 6.45) is 5.59. The summed E-state index contributed by atoms with van der Waals surface area (Å²) in [6.45, 7) is 4.82. The van der Waals surface area contributed by atoms with Crippen LogP contribution in [0.4, 0.5) is 0 Å².